The molecule has 0 saturated heterocycles. The average molecular weight is 300 g/mol. The van der Waals surface area contributed by atoms with Crippen LogP contribution in [0, 0.1) is 11.6 Å². The van der Waals surface area contributed by atoms with Gasteiger partial charge in [-0.1, -0.05) is 25.6 Å². The maximum absolute atomic E-state index is 13.9. The maximum Gasteiger partial charge on any atom is 0.154 e. The summed E-state index contributed by atoms with van der Waals surface area (Å²) in [6.07, 6.45) is 1.61. The quantitative estimate of drug-likeness (QED) is 0.901. The second kappa shape index (κ2) is 6.45. The molecular weight excluding hydrogens is 286 g/mol. The molecule has 0 spiro atoms. The summed E-state index contributed by atoms with van der Waals surface area (Å²) in [5.41, 5.74) is 0.604. The van der Waals surface area contributed by atoms with Crippen molar-refractivity contribution in [2.45, 2.75) is 35.7 Å². The first-order valence-corrected chi connectivity index (χ1v) is 7.54. The fraction of sp³-hybridized carbons (Fsp3) is 0.308. The van der Waals surface area contributed by atoms with E-state index in [2.05, 4.69) is 10.3 Å². The van der Waals surface area contributed by atoms with Gasteiger partial charge in [0, 0.05) is 24.2 Å². The van der Waals surface area contributed by atoms with Crippen molar-refractivity contribution in [1.82, 2.24) is 10.3 Å². The molecule has 1 aromatic heterocycles. The summed E-state index contributed by atoms with van der Waals surface area (Å²) in [4.78, 5) is 4.01. The number of rotatable bonds is 5. The van der Waals surface area contributed by atoms with E-state index in [-0.39, 0.29) is 10.9 Å². The predicted octanol–water partition coefficient (Wildman–Crippen LogP) is 4.07. The summed E-state index contributed by atoms with van der Waals surface area (Å²) in [7, 11) is 0. The molecule has 0 atom stereocenters. The minimum atomic E-state index is -0.541. The molecule has 0 unspecified atom stereocenters. The number of hydrogen-bond acceptors (Lipinski definition) is 4. The Morgan fingerprint density at radius 3 is 2.53 bits per heavy atom. The van der Waals surface area contributed by atoms with Crippen molar-refractivity contribution in [2.24, 2.45) is 0 Å². The Morgan fingerprint density at radius 2 is 2.00 bits per heavy atom. The lowest BCUT2D eigenvalue weighted by molar-refractivity contribution is 0.529. The Morgan fingerprint density at radius 1 is 1.32 bits per heavy atom. The monoisotopic (exact) mass is 300 g/mol. The molecule has 0 radical (unpaired) electrons. The van der Waals surface area contributed by atoms with E-state index < -0.39 is 11.6 Å². The first-order valence-electron chi connectivity index (χ1n) is 5.85. The molecular formula is C13H14F2N2S2. The van der Waals surface area contributed by atoms with Gasteiger partial charge in [-0.2, -0.15) is 0 Å². The van der Waals surface area contributed by atoms with Crippen molar-refractivity contribution in [3.8, 4) is 0 Å². The van der Waals surface area contributed by atoms with Crippen LogP contribution in [-0.2, 0) is 6.54 Å². The van der Waals surface area contributed by atoms with Crippen molar-refractivity contribution in [3.63, 3.8) is 0 Å². The normalized spacial score (nSPS) is 11.2. The summed E-state index contributed by atoms with van der Waals surface area (Å²) in [5.74, 6) is -1.08. The topological polar surface area (TPSA) is 24.9 Å². The van der Waals surface area contributed by atoms with Gasteiger partial charge in [0.2, 0.25) is 0 Å². The summed E-state index contributed by atoms with van der Waals surface area (Å²) < 4.78 is 28.5. The molecule has 1 aromatic carbocycles. The lowest BCUT2D eigenvalue weighted by atomic mass is 10.2. The van der Waals surface area contributed by atoms with E-state index >= 15 is 0 Å². The number of aromatic nitrogens is 1. The predicted molar refractivity (Wildman–Crippen MR) is 74.6 cm³/mol. The van der Waals surface area contributed by atoms with Crippen LogP contribution in [-0.4, -0.2) is 11.0 Å². The second-order valence-corrected chi connectivity index (χ2v) is 6.48. The van der Waals surface area contributed by atoms with E-state index in [0.717, 1.165) is 11.8 Å². The van der Waals surface area contributed by atoms with Crippen LogP contribution < -0.4 is 5.32 Å². The number of halogens is 2. The highest BCUT2D eigenvalue weighted by atomic mass is 32.2. The van der Waals surface area contributed by atoms with Gasteiger partial charge in [0.15, 0.2) is 4.34 Å². The number of hydrogen-bond donors (Lipinski definition) is 1. The highest BCUT2D eigenvalue weighted by Gasteiger charge is 2.14. The third-order valence-electron chi connectivity index (χ3n) is 2.37. The Balaban J connectivity index is 2.17. The zero-order chi connectivity index (χ0) is 13.8. The van der Waals surface area contributed by atoms with E-state index in [1.54, 1.807) is 11.6 Å². The van der Waals surface area contributed by atoms with E-state index in [9.17, 15) is 8.78 Å². The molecule has 1 N–H and O–H groups in total. The number of thiazole rings is 1. The van der Waals surface area contributed by atoms with Gasteiger partial charge in [-0.3, -0.25) is 0 Å². The van der Waals surface area contributed by atoms with Gasteiger partial charge in [0.1, 0.15) is 11.6 Å². The third kappa shape index (κ3) is 3.99. The zero-order valence-electron chi connectivity index (χ0n) is 10.6. The first kappa shape index (κ1) is 14.4. The van der Waals surface area contributed by atoms with Crippen LogP contribution in [0.5, 0.6) is 0 Å². The van der Waals surface area contributed by atoms with E-state index in [4.69, 9.17) is 0 Å². The molecule has 0 saturated carbocycles. The van der Waals surface area contributed by atoms with E-state index in [1.807, 2.05) is 13.8 Å². The van der Waals surface area contributed by atoms with Crippen molar-refractivity contribution in [2.75, 3.05) is 0 Å². The van der Waals surface area contributed by atoms with Crippen LogP contribution in [0.25, 0.3) is 0 Å². The fourth-order valence-electron chi connectivity index (χ4n) is 1.48. The van der Waals surface area contributed by atoms with Crippen LogP contribution in [0.15, 0.2) is 32.9 Å². The average Bonchev–Trinajstić information content (AvgIpc) is 2.84. The minimum Gasteiger partial charge on any atom is -0.310 e. The van der Waals surface area contributed by atoms with Crippen LogP contribution in [0.4, 0.5) is 8.78 Å². The number of benzene rings is 1. The molecule has 2 aromatic rings. The van der Waals surface area contributed by atoms with Crippen molar-refractivity contribution >= 4 is 23.1 Å². The molecule has 2 rings (SSSR count). The van der Waals surface area contributed by atoms with Gasteiger partial charge in [-0.05, 0) is 17.7 Å². The standard InChI is InChI=1S/C13H14F2N2S2/c1-8(2)17-7-9-5-10(14)12(11(15)6-9)19-13-16-3-4-18-13/h3-6,8,17H,7H2,1-2H3. The SMILES string of the molecule is CC(C)NCc1cc(F)c(Sc2nccs2)c(F)c1. The van der Waals surface area contributed by atoms with E-state index in [1.165, 1.54) is 23.5 Å². The molecule has 1 heterocycles. The van der Waals surface area contributed by atoms with Crippen LogP contribution >= 0.6 is 23.1 Å². The Labute approximate surface area is 119 Å². The van der Waals surface area contributed by atoms with Crippen LogP contribution in [0.3, 0.4) is 0 Å². The third-order valence-corrected chi connectivity index (χ3v) is 4.35. The highest BCUT2D eigenvalue weighted by molar-refractivity contribution is 8.01. The first-order chi connectivity index (χ1) is 9.06. The van der Waals surface area contributed by atoms with Crippen LogP contribution in [0.1, 0.15) is 19.4 Å². The number of nitrogens with one attached hydrogen (secondary N) is 1. The Hall–Kier alpha value is -0.980. The molecule has 0 aliphatic rings. The Bertz CT molecular complexity index is 519. The van der Waals surface area contributed by atoms with Gasteiger partial charge < -0.3 is 5.32 Å². The van der Waals surface area contributed by atoms with Gasteiger partial charge >= 0.3 is 0 Å². The zero-order valence-corrected chi connectivity index (χ0v) is 12.2. The smallest absolute Gasteiger partial charge is 0.154 e. The Kier molecular flexibility index (Phi) is 4.90. The van der Waals surface area contributed by atoms with Gasteiger partial charge in [-0.25, -0.2) is 13.8 Å². The molecule has 6 heteroatoms. The molecule has 0 bridgehead atoms. The van der Waals surface area contributed by atoms with Gasteiger partial charge in [0.05, 0.1) is 4.90 Å². The molecule has 2 nitrogen and oxygen atoms in total. The lowest BCUT2D eigenvalue weighted by Crippen LogP contribution is -2.22. The maximum atomic E-state index is 13.9. The fourth-order valence-corrected chi connectivity index (χ4v) is 3.05. The van der Waals surface area contributed by atoms with Crippen molar-refractivity contribution < 1.29 is 8.78 Å². The lowest BCUT2D eigenvalue weighted by Gasteiger charge is -2.10. The highest BCUT2D eigenvalue weighted by Crippen LogP contribution is 2.33. The minimum absolute atomic E-state index is 0.00301. The van der Waals surface area contributed by atoms with E-state index in [0.29, 0.717) is 16.4 Å². The number of nitrogens with zero attached hydrogens (tertiary/aromatic N) is 1. The summed E-state index contributed by atoms with van der Waals surface area (Å²) >= 11 is 2.38. The summed E-state index contributed by atoms with van der Waals surface area (Å²) in [6, 6.07) is 3.01. The molecule has 0 amide bonds. The molecule has 102 valence electrons. The molecule has 0 fully saturated rings. The molecule has 19 heavy (non-hydrogen) atoms. The molecule has 0 aliphatic heterocycles. The van der Waals surface area contributed by atoms with Gasteiger partial charge in [0.25, 0.3) is 0 Å². The van der Waals surface area contributed by atoms with Gasteiger partial charge in [-0.15, -0.1) is 11.3 Å². The van der Waals surface area contributed by atoms with Crippen molar-refractivity contribution in [3.05, 3.63) is 40.9 Å². The molecule has 0 aliphatic carbocycles. The van der Waals surface area contributed by atoms with Crippen LogP contribution in [0.2, 0.25) is 0 Å². The summed E-state index contributed by atoms with van der Waals surface area (Å²) in [6.45, 7) is 4.42. The largest absolute Gasteiger partial charge is 0.310 e. The second-order valence-electron chi connectivity index (χ2n) is 4.32. The van der Waals surface area contributed by atoms with Crippen molar-refractivity contribution in [1.29, 1.82) is 0 Å². The summed E-state index contributed by atoms with van der Waals surface area (Å²) in [5, 5.41) is 4.91.